The molecule has 0 aliphatic carbocycles. The Hall–Kier alpha value is -3.64. The minimum atomic E-state index is -0.290. The first-order valence-electron chi connectivity index (χ1n) is 9.18. The van der Waals surface area contributed by atoms with E-state index in [0.717, 1.165) is 11.1 Å². The summed E-state index contributed by atoms with van der Waals surface area (Å²) < 4.78 is 5.48. The zero-order valence-corrected chi connectivity index (χ0v) is 17.0. The van der Waals surface area contributed by atoms with E-state index in [4.69, 9.17) is 16.3 Å². The lowest BCUT2D eigenvalue weighted by atomic mass is 10.1. The van der Waals surface area contributed by atoms with Gasteiger partial charge in [-0.3, -0.25) is 9.59 Å². The topological polar surface area (TPSA) is 79.8 Å². The highest BCUT2D eigenvalue weighted by Crippen LogP contribution is 2.15. The lowest BCUT2D eigenvalue weighted by Gasteiger charge is -2.08. The number of ether oxygens (including phenoxy) is 1. The van der Waals surface area contributed by atoms with Crippen molar-refractivity contribution in [2.75, 3.05) is 11.9 Å². The number of halogens is 1. The molecule has 3 aromatic carbocycles. The number of amides is 2. The highest BCUT2D eigenvalue weighted by molar-refractivity contribution is 6.30. The number of rotatable bonds is 7. The van der Waals surface area contributed by atoms with Crippen LogP contribution < -0.4 is 15.5 Å². The van der Waals surface area contributed by atoms with Crippen LogP contribution in [0.25, 0.3) is 0 Å². The molecule has 0 fully saturated rings. The van der Waals surface area contributed by atoms with Crippen LogP contribution in [-0.4, -0.2) is 24.6 Å². The summed E-state index contributed by atoms with van der Waals surface area (Å²) in [5.74, 6) is -0.0193. The second-order valence-electron chi connectivity index (χ2n) is 6.43. The number of hydrazone groups is 1. The predicted octanol–water partition coefficient (Wildman–Crippen LogP) is 4.43. The van der Waals surface area contributed by atoms with E-state index in [9.17, 15) is 9.59 Å². The third-order valence-electron chi connectivity index (χ3n) is 4.13. The van der Waals surface area contributed by atoms with Crippen LogP contribution in [0.4, 0.5) is 5.69 Å². The molecule has 0 spiro atoms. The minimum Gasteiger partial charge on any atom is -0.484 e. The maximum Gasteiger partial charge on any atom is 0.271 e. The van der Waals surface area contributed by atoms with Gasteiger partial charge in [0.25, 0.3) is 11.8 Å². The van der Waals surface area contributed by atoms with Crippen molar-refractivity contribution >= 4 is 35.3 Å². The normalized spacial score (nSPS) is 10.6. The van der Waals surface area contributed by atoms with Crippen LogP contribution in [-0.2, 0) is 4.79 Å². The monoisotopic (exact) mass is 421 g/mol. The first kappa shape index (κ1) is 21.1. The number of hydrogen-bond donors (Lipinski definition) is 2. The second-order valence-corrected chi connectivity index (χ2v) is 6.87. The SMILES string of the molecule is Cc1ccccc1C(=O)N/N=C\c1ccc(OCC(=O)Nc2cccc(Cl)c2)cc1. The van der Waals surface area contributed by atoms with E-state index in [-0.39, 0.29) is 18.4 Å². The molecule has 3 rings (SSSR count). The summed E-state index contributed by atoms with van der Waals surface area (Å²) in [6, 6.07) is 21.2. The quantitative estimate of drug-likeness (QED) is 0.437. The maximum atomic E-state index is 12.1. The molecule has 0 aliphatic heterocycles. The molecule has 6 nitrogen and oxygen atoms in total. The summed E-state index contributed by atoms with van der Waals surface area (Å²) in [4.78, 5) is 24.1. The standard InChI is InChI=1S/C23H20ClN3O3/c1-16-5-2-3-8-21(16)23(29)27-25-14-17-9-11-20(12-10-17)30-15-22(28)26-19-7-4-6-18(24)13-19/h2-14H,15H2,1H3,(H,26,28)(H,27,29)/b25-14-. The lowest BCUT2D eigenvalue weighted by molar-refractivity contribution is -0.118. The van der Waals surface area contributed by atoms with Crippen molar-refractivity contribution in [3.8, 4) is 5.75 Å². The molecule has 152 valence electrons. The number of nitrogens with one attached hydrogen (secondary N) is 2. The van der Waals surface area contributed by atoms with Crippen molar-refractivity contribution in [3.63, 3.8) is 0 Å². The fourth-order valence-corrected chi connectivity index (χ4v) is 2.81. The molecule has 0 radical (unpaired) electrons. The number of benzene rings is 3. The van der Waals surface area contributed by atoms with Crippen LogP contribution in [0.15, 0.2) is 77.9 Å². The number of aryl methyl sites for hydroxylation is 1. The van der Waals surface area contributed by atoms with Crippen molar-refractivity contribution < 1.29 is 14.3 Å². The third kappa shape index (κ3) is 6.18. The first-order valence-corrected chi connectivity index (χ1v) is 9.56. The van der Waals surface area contributed by atoms with Gasteiger partial charge in [-0.05, 0) is 66.6 Å². The smallest absolute Gasteiger partial charge is 0.271 e. The molecule has 3 aromatic rings. The molecule has 0 saturated heterocycles. The Bertz CT molecular complexity index is 1070. The average molecular weight is 422 g/mol. The Labute approximate surface area is 179 Å². The first-order chi connectivity index (χ1) is 14.5. The molecular weight excluding hydrogens is 402 g/mol. The highest BCUT2D eigenvalue weighted by Gasteiger charge is 2.06. The van der Waals surface area contributed by atoms with Gasteiger partial charge in [-0.15, -0.1) is 0 Å². The molecule has 2 amide bonds. The Balaban J connectivity index is 1.47. The van der Waals surface area contributed by atoms with Crippen molar-refractivity contribution in [3.05, 3.63) is 94.5 Å². The Morgan fingerprint density at radius 2 is 1.80 bits per heavy atom. The number of anilines is 1. The summed E-state index contributed by atoms with van der Waals surface area (Å²) in [5.41, 5.74) is 5.35. The van der Waals surface area contributed by atoms with Gasteiger partial charge < -0.3 is 10.1 Å². The van der Waals surface area contributed by atoms with Gasteiger partial charge >= 0.3 is 0 Å². The predicted molar refractivity (Wildman–Crippen MR) is 118 cm³/mol. The van der Waals surface area contributed by atoms with E-state index in [1.54, 1.807) is 60.7 Å². The number of carbonyl (C=O) groups is 2. The maximum absolute atomic E-state index is 12.1. The lowest BCUT2D eigenvalue weighted by Crippen LogP contribution is -2.20. The van der Waals surface area contributed by atoms with E-state index in [1.807, 2.05) is 19.1 Å². The van der Waals surface area contributed by atoms with Crippen molar-refractivity contribution in [1.82, 2.24) is 5.43 Å². The largest absolute Gasteiger partial charge is 0.484 e. The van der Waals surface area contributed by atoms with Crippen molar-refractivity contribution in [1.29, 1.82) is 0 Å². The van der Waals surface area contributed by atoms with E-state index in [0.29, 0.717) is 22.0 Å². The number of nitrogens with zero attached hydrogens (tertiary/aromatic N) is 1. The summed E-state index contributed by atoms with van der Waals surface area (Å²) in [6.45, 7) is 1.74. The Morgan fingerprint density at radius 1 is 1.03 bits per heavy atom. The summed E-state index contributed by atoms with van der Waals surface area (Å²) in [7, 11) is 0. The van der Waals surface area contributed by atoms with Gasteiger partial charge in [-0.1, -0.05) is 35.9 Å². The van der Waals surface area contributed by atoms with E-state index in [2.05, 4.69) is 15.8 Å². The molecule has 30 heavy (non-hydrogen) atoms. The van der Waals surface area contributed by atoms with Crippen LogP contribution in [0.3, 0.4) is 0 Å². The molecule has 0 unspecified atom stereocenters. The van der Waals surface area contributed by atoms with Crippen molar-refractivity contribution in [2.24, 2.45) is 5.10 Å². The second kappa shape index (κ2) is 10.2. The van der Waals surface area contributed by atoms with Crippen LogP contribution in [0, 0.1) is 6.92 Å². The fraction of sp³-hybridized carbons (Fsp3) is 0.0870. The van der Waals surface area contributed by atoms with Gasteiger partial charge in [0.15, 0.2) is 6.61 Å². The molecule has 0 aliphatic rings. The molecule has 0 atom stereocenters. The Kier molecular flexibility index (Phi) is 7.19. The van der Waals surface area contributed by atoms with E-state index < -0.39 is 0 Å². The number of carbonyl (C=O) groups excluding carboxylic acids is 2. The van der Waals surface area contributed by atoms with Gasteiger partial charge in [-0.2, -0.15) is 5.10 Å². The fourth-order valence-electron chi connectivity index (χ4n) is 2.62. The van der Waals surface area contributed by atoms with Crippen molar-refractivity contribution in [2.45, 2.75) is 6.92 Å². The average Bonchev–Trinajstić information content (AvgIpc) is 2.73. The van der Waals surface area contributed by atoms with Crippen LogP contribution in [0.5, 0.6) is 5.75 Å². The highest BCUT2D eigenvalue weighted by atomic mass is 35.5. The molecule has 0 aromatic heterocycles. The third-order valence-corrected chi connectivity index (χ3v) is 4.36. The van der Waals surface area contributed by atoms with E-state index >= 15 is 0 Å². The number of hydrogen-bond acceptors (Lipinski definition) is 4. The zero-order chi connectivity index (χ0) is 21.3. The molecule has 2 N–H and O–H groups in total. The molecule has 7 heteroatoms. The summed E-state index contributed by atoms with van der Waals surface area (Å²) in [6.07, 6.45) is 1.53. The van der Waals surface area contributed by atoms with Crippen LogP contribution >= 0.6 is 11.6 Å². The van der Waals surface area contributed by atoms with Gasteiger partial charge in [0.05, 0.1) is 6.21 Å². The minimum absolute atomic E-state index is 0.133. The van der Waals surface area contributed by atoms with E-state index in [1.165, 1.54) is 6.21 Å². The molecule has 0 heterocycles. The zero-order valence-electron chi connectivity index (χ0n) is 16.3. The Morgan fingerprint density at radius 3 is 2.53 bits per heavy atom. The van der Waals surface area contributed by atoms with Gasteiger partial charge in [0, 0.05) is 16.3 Å². The van der Waals surface area contributed by atoms with Gasteiger partial charge in [0.2, 0.25) is 0 Å². The van der Waals surface area contributed by atoms with Crippen LogP contribution in [0.1, 0.15) is 21.5 Å². The van der Waals surface area contributed by atoms with Crippen LogP contribution in [0.2, 0.25) is 5.02 Å². The van der Waals surface area contributed by atoms with Gasteiger partial charge in [0.1, 0.15) is 5.75 Å². The van der Waals surface area contributed by atoms with Gasteiger partial charge in [-0.25, -0.2) is 5.43 Å². The molecule has 0 bridgehead atoms. The molecule has 0 saturated carbocycles. The molecular formula is C23H20ClN3O3. The summed E-state index contributed by atoms with van der Waals surface area (Å²) >= 11 is 5.89. The summed E-state index contributed by atoms with van der Waals surface area (Å²) in [5, 5.41) is 7.23.